The van der Waals surface area contributed by atoms with Crippen molar-refractivity contribution in [1.82, 2.24) is 15.1 Å². The summed E-state index contributed by atoms with van der Waals surface area (Å²) in [5, 5.41) is 8.76. The lowest BCUT2D eigenvalue weighted by Crippen LogP contribution is -2.25. The summed E-state index contributed by atoms with van der Waals surface area (Å²) in [6, 6.07) is 0.382. The first-order chi connectivity index (χ1) is 8.65. The molecule has 102 valence electrons. The predicted octanol–water partition coefficient (Wildman–Crippen LogP) is 3.61. The summed E-state index contributed by atoms with van der Waals surface area (Å²) in [6.45, 7) is 8.64. The second kappa shape index (κ2) is 6.07. The molecule has 1 aliphatic rings. The van der Waals surface area contributed by atoms with E-state index < -0.39 is 0 Å². The first-order valence-electron chi connectivity index (χ1n) is 7.08. The zero-order valence-electron chi connectivity index (χ0n) is 11.6. The summed E-state index contributed by atoms with van der Waals surface area (Å²) in [4.78, 5) is 0. The Balaban J connectivity index is 2.21. The van der Waals surface area contributed by atoms with E-state index in [4.69, 9.17) is 11.6 Å². The van der Waals surface area contributed by atoms with Gasteiger partial charge in [-0.2, -0.15) is 5.10 Å². The number of nitrogens with one attached hydrogen (secondary N) is 1. The van der Waals surface area contributed by atoms with Crippen LogP contribution >= 0.6 is 11.6 Å². The van der Waals surface area contributed by atoms with E-state index >= 15 is 0 Å². The third-order valence-corrected chi connectivity index (χ3v) is 4.23. The van der Waals surface area contributed by atoms with Crippen molar-refractivity contribution in [3.8, 4) is 0 Å². The Morgan fingerprint density at radius 1 is 1.50 bits per heavy atom. The standard InChI is InChI=1S/C14H24ClN3/c1-4-16-8-11-6-5-7-12(11)14-13(15)9-17-18(14)10(2)3/h9-12,16H,4-8H2,1-3H3. The zero-order valence-corrected chi connectivity index (χ0v) is 12.4. The van der Waals surface area contributed by atoms with Gasteiger partial charge in [-0.3, -0.25) is 4.68 Å². The maximum absolute atomic E-state index is 6.36. The number of halogens is 1. The largest absolute Gasteiger partial charge is 0.317 e. The molecule has 1 aliphatic carbocycles. The molecule has 1 heterocycles. The van der Waals surface area contributed by atoms with Crippen LogP contribution in [0.5, 0.6) is 0 Å². The maximum Gasteiger partial charge on any atom is 0.0820 e. The number of hydrogen-bond acceptors (Lipinski definition) is 2. The number of nitrogens with zero attached hydrogens (tertiary/aromatic N) is 2. The van der Waals surface area contributed by atoms with Crippen LogP contribution in [0.25, 0.3) is 0 Å². The molecule has 3 nitrogen and oxygen atoms in total. The van der Waals surface area contributed by atoms with E-state index in [2.05, 4.69) is 35.9 Å². The Kier molecular flexibility index (Phi) is 4.68. The lowest BCUT2D eigenvalue weighted by Gasteiger charge is -2.23. The Hall–Kier alpha value is -0.540. The molecule has 1 saturated carbocycles. The van der Waals surface area contributed by atoms with E-state index in [0.29, 0.717) is 17.9 Å². The minimum atomic E-state index is 0.382. The molecular weight excluding hydrogens is 246 g/mol. The summed E-state index contributed by atoms with van der Waals surface area (Å²) in [7, 11) is 0. The monoisotopic (exact) mass is 269 g/mol. The molecule has 0 radical (unpaired) electrons. The molecule has 2 rings (SSSR count). The van der Waals surface area contributed by atoms with Crippen LogP contribution in [0.2, 0.25) is 5.02 Å². The van der Waals surface area contributed by atoms with Crippen molar-refractivity contribution >= 4 is 11.6 Å². The van der Waals surface area contributed by atoms with Crippen molar-refractivity contribution < 1.29 is 0 Å². The van der Waals surface area contributed by atoms with Crippen LogP contribution in [-0.4, -0.2) is 22.9 Å². The van der Waals surface area contributed by atoms with Crippen LogP contribution in [0.15, 0.2) is 6.20 Å². The van der Waals surface area contributed by atoms with E-state index in [0.717, 1.165) is 18.1 Å². The van der Waals surface area contributed by atoms with Crippen LogP contribution < -0.4 is 5.32 Å². The SMILES string of the molecule is CCNCC1CCCC1c1c(Cl)cnn1C(C)C. The van der Waals surface area contributed by atoms with Gasteiger partial charge in [0.05, 0.1) is 16.9 Å². The van der Waals surface area contributed by atoms with Crippen molar-refractivity contribution in [2.24, 2.45) is 5.92 Å². The second-order valence-electron chi connectivity index (χ2n) is 5.52. The molecule has 0 aliphatic heterocycles. The summed E-state index contributed by atoms with van der Waals surface area (Å²) >= 11 is 6.36. The number of rotatable bonds is 5. The molecule has 0 spiro atoms. The molecule has 1 aromatic rings. The lowest BCUT2D eigenvalue weighted by atomic mass is 9.92. The summed E-state index contributed by atoms with van der Waals surface area (Å²) < 4.78 is 2.11. The molecule has 4 heteroatoms. The highest BCUT2D eigenvalue weighted by molar-refractivity contribution is 6.31. The summed E-state index contributed by atoms with van der Waals surface area (Å²) in [5.74, 6) is 1.28. The average molecular weight is 270 g/mol. The fourth-order valence-electron chi connectivity index (χ4n) is 3.08. The van der Waals surface area contributed by atoms with Crippen molar-refractivity contribution in [2.75, 3.05) is 13.1 Å². The van der Waals surface area contributed by atoms with Crippen LogP contribution in [-0.2, 0) is 0 Å². The molecule has 0 amide bonds. The minimum Gasteiger partial charge on any atom is -0.317 e. The molecule has 1 N–H and O–H groups in total. The highest BCUT2D eigenvalue weighted by Crippen LogP contribution is 2.42. The first kappa shape index (κ1) is 13.9. The van der Waals surface area contributed by atoms with Gasteiger partial charge < -0.3 is 5.32 Å². The molecule has 1 aromatic heterocycles. The van der Waals surface area contributed by atoms with Gasteiger partial charge in [-0.25, -0.2) is 0 Å². The first-order valence-corrected chi connectivity index (χ1v) is 7.46. The smallest absolute Gasteiger partial charge is 0.0820 e. The molecule has 0 aromatic carbocycles. The zero-order chi connectivity index (χ0) is 13.1. The summed E-state index contributed by atoms with van der Waals surface area (Å²) in [5.41, 5.74) is 1.26. The third kappa shape index (κ3) is 2.72. The Labute approximate surface area is 115 Å². The van der Waals surface area contributed by atoms with Crippen molar-refractivity contribution in [2.45, 2.75) is 52.0 Å². The lowest BCUT2D eigenvalue weighted by molar-refractivity contribution is 0.409. The van der Waals surface area contributed by atoms with E-state index in [9.17, 15) is 0 Å². The Morgan fingerprint density at radius 2 is 2.28 bits per heavy atom. The van der Waals surface area contributed by atoms with Gasteiger partial charge in [-0.15, -0.1) is 0 Å². The topological polar surface area (TPSA) is 29.9 Å². The normalized spacial score (nSPS) is 24.1. The van der Waals surface area contributed by atoms with E-state index in [-0.39, 0.29) is 0 Å². The average Bonchev–Trinajstić information content (AvgIpc) is 2.92. The van der Waals surface area contributed by atoms with Crippen LogP contribution in [0.1, 0.15) is 57.7 Å². The minimum absolute atomic E-state index is 0.382. The molecule has 0 saturated heterocycles. The molecule has 18 heavy (non-hydrogen) atoms. The molecule has 2 unspecified atom stereocenters. The van der Waals surface area contributed by atoms with Crippen LogP contribution in [0.4, 0.5) is 0 Å². The van der Waals surface area contributed by atoms with Gasteiger partial charge in [-0.1, -0.05) is 24.9 Å². The maximum atomic E-state index is 6.36. The van der Waals surface area contributed by atoms with Gasteiger partial charge in [-0.05, 0) is 45.7 Å². The van der Waals surface area contributed by atoms with E-state index in [1.54, 1.807) is 6.20 Å². The second-order valence-corrected chi connectivity index (χ2v) is 5.93. The molecular formula is C14H24ClN3. The third-order valence-electron chi connectivity index (χ3n) is 3.94. The predicted molar refractivity (Wildman–Crippen MR) is 76.2 cm³/mol. The fraction of sp³-hybridized carbons (Fsp3) is 0.786. The molecule has 2 atom stereocenters. The highest BCUT2D eigenvalue weighted by Gasteiger charge is 2.32. The number of hydrogen-bond donors (Lipinski definition) is 1. The van der Waals surface area contributed by atoms with Crippen molar-refractivity contribution in [1.29, 1.82) is 0 Å². The van der Waals surface area contributed by atoms with Gasteiger partial charge in [0.15, 0.2) is 0 Å². The van der Waals surface area contributed by atoms with Crippen LogP contribution in [0, 0.1) is 5.92 Å². The number of aromatic nitrogens is 2. The van der Waals surface area contributed by atoms with Crippen LogP contribution in [0.3, 0.4) is 0 Å². The van der Waals surface area contributed by atoms with Gasteiger partial charge in [0.25, 0.3) is 0 Å². The highest BCUT2D eigenvalue weighted by atomic mass is 35.5. The van der Waals surface area contributed by atoms with Gasteiger partial charge >= 0.3 is 0 Å². The molecule has 0 bridgehead atoms. The van der Waals surface area contributed by atoms with Crippen molar-refractivity contribution in [3.63, 3.8) is 0 Å². The Morgan fingerprint density at radius 3 is 2.94 bits per heavy atom. The Bertz CT molecular complexity index is 386. The quantitative estimate of drug-likeness (QED) is 0.885. The molecule has 1 fully saturated rings. The summed E-state index contributed by atoms with van der Waals surface area (Å²) in [6.07, 6.45) is 5.66. The van der Waals surface area contributed by atoms with E-state index in [1.165, 1.54) is 25.0 Å². The van der Waals surface area contributed by atoms with Crippen molar-refractivity contribution in [3.05, 3.63) is 16.9 Å². The van der Waals surface area contributed by atoms with Gasteiger partial charge in [0.1, 0.15) is 0 Å². The van der Waals surface area contributed by atoms with Gasteiger partial charge in [0.2, 0.25) is 0 Å². The fourth-order valence-corrected chi connectivity index (χ4v) is 3.35. The van der Waals surface area contributed by atoms with Gasteiger partial charge in [0, 0.05) is 12.0 Å². The van der Waals surface area contributed by atoms with E-state index in [1.807, 2.05) is 0 Å².